The van der Waals surface area contributed by atoms with E-state index in [0.717, 1.165) is 11.1 Å². The van der Waals surface area contributed by atoms with Gasteiger partial charge < -0.3 is 0 Å². The van der Waals surface area contributed by atoms with E-state index in [2.05, 4.69) is 16.8 Å². The van der Waals surface area contributed by atoms with Crippen molar-refractivity contribution in [2.24, 2.45) is 0 Å². The van der Waals surface area contributed by atoms with Gasteiger partial charge in [-0.1, -0.05) is 30.9 Å². The van der Waals surface area contributed by atoms with Crippen molar-refractivity contribution < 1.29 is 0 Å². The van der Waals surface area contributed by atoms with Gasteiger partial charge in [0.25, 0.3) is 0 Å². The Hall–Kier alpha value is -1.57. The lowest BCUT2D eigenvalue weighted by Gasteiger charge is -1.93. The molecule has 0 saturated heterocycles. The molecule has 2 heteroatoms. The molecule has 62 valence electrons. The van der Waals surface area contributed by atoms with E-state index in [1.807, 2.05) is 31.3 Å². The maximum Gasteiger partial charge on any atom is 0.0565 e. The molecule has 1 heterocycles. The first kappa shape index (κ1) is 8.53. The molecule has 1 aromatic heterocycles. The number of aromatic nitrogens is 2. The first-order valence-corrected chi connectivity index (χ1v) is 3.83. The van der Waals surface area contributed by atoms with Crippen LogP contribution in [0.25, 0.3) is 5.57 Å². The van der Waals surface area contributed by atoms with E-state index in [4.69, 9.17) is 0 Å². The van der Waals surface area contributed by atoms with Gasteiger partial charge in [-0.2, -0.15) is 5.10 Å². The highest BCUT2D eigenvalue weighted by Crippen LogP contribution is 2.13. The van der Waals surface area contributed by atoms with E-state index >= 15 is 0 Å². The van der Waals surface area contributed by atoms with E-state index in [9.17, 15) is 0 Å². The smallest absolute Gasteiger partial charge is 0.0565 e. The van der Waals surface area contributed by atoms with Crippen molar-refractivity contribution >= 4 is 5.57 Å². The molecule has 0 atom stereocenters. The van der Waals surface area contributed by atoms with E-state index < -0.39 is 0 Å². The Morgan fingerprint density at radius 2 is 2.50 bits per heavy atom. The second kappa shape index (κ2) is 4.34. The maximum absolute atomic E-state index is 3.87. The Morgan fingerprint density at radius 1 is 1.67 bits per heavy atom. The number of hydrogen-bond acceptors (Lipinski definition) is 1. The van der Waals surface area contributed by atoms with Crippen molar-refractivity contribution in [1.29, 1.82) is 0 Å². The normalized spacial score (nSPS) is 12.2. The summed E-state index contributed by atoms with van der Waals surface area (Å²) in [4.78, 5) is 0. The van der Waals surface area contributed by atoms with Crippen molar-refractivity contribution in [3.63, 3.8) is 0 Å². The molecule has 0 aliphatic carbocycles. The van der Waals surface area contributed by atoms with E-state index in [0.29, 0.717) is 0 Å². The molecular weight excluding hydrogens is 148 g/mol. The largest absolute Gasteiger partial charge is 0.285 e. The monoisotopic (exact) mass is 160 g/mol. The second-order valence-corrected chi connectivity index (χ2v) is 2.33. The molecule has 1 rings (SSSR count). The number of allylic oxidation sites excluding steroid dienone is 5. The summed E-state index contributed by atoms with van der Waals surface area (Å²) >= 11 is 0. The zero-order valence-electron chi connectivity index (χ0n) is 7.12. The van der Waals surface area contributed by atoms with Crippen molar-refractivity contribution in [3.05, 3.63) is 48.8 Å². The average Bonchev–Trinajstić information content (AvgIpc) is 2.59. The van der Waals surface area contributed by atoms with Crippen LogP contribution >= 0.6 is 0 Å². The molecule has 0 amide bonds. The second-order valence-electron chi connectivity index (χ2n) is 2.33. The van der Waals surface area contributed by atoms with Crippen LogP contribution in [0, 0.1) is 0 Å². The summed E-state index contributed by atoms with van der Waals surface area (Å²) in [5.41, 5.74) is 2.24. The standard InChI is InChI=1S/C10H12N2/c1-3-5-6-9(4-2)10-7-11-12-8-10/h3-8H,1H2,2H3,(H,11,12)/b6-5-,9-4+. The fourth-order valence-corrected chi connectivity index (χ4v) is 0.940. The molecule has 2 nitrogen and oxygen atoms in total. The summed E-state index contributed by atoms with van der Waals surface area (Å²) in [7, 11) is 0. The van der Waals surface area contributed by atoms with Crippen LogP contribution in [0.4, 0.5) is 0 Å². The van der Waals surface area contributed by atoms with Crippen molar-refractivity contribution in [2.75, 3.05) is 0 Å². The highest BCUT2D eigenvalue weighted by Gasteiger charge is 1.95. The molecule has 0 aromatic carbocycles. The molecule has 0 aliphatic rings. The van der Waals surface area contributed by atoms with Gasteiger partial charge in [0, 0.05) is 11.8 Å². The molecule has 1 aromatic rings. The number of aromatic amines is 1. The molecule has 1 N–H and O–H groups in total. The van der Waals surface area contributed by atoms with Gasteiger partial charge in [-0.3, -0.25) is 5.10 Å². The van der Waals surface area contributed by atoms with E-state index in [1.165, 1.54) is 0 Å². The maximum atomic E-state index is 3.87. The minimum atomic E-state index is 1.09. The Balaban J connectivity index is 2.85. The lowest BCUT2D eigenvalue weighted by Crippen LogP contribution is -1.73. The molecule has 0 fully saturated rings. The topological polar surface area (TPSA) is 28.7 Å². The molecule has 0 bridgehead atoms. The van der Waals surface area contributed by atoms with Crippen LogP contribution in [0.5, 0.6) is 0 Å². The van der Waals surface area contributed by atoms with Crippen molar-refractivity contribution in [3.8, 4) is 0 Å². The van der Waals surface area contributed by atoms with Gasteiger partial charge in [-0.15, -0.1) is 0 Å². The lowest BCUT2D eigenvalue weighted by atomic mass is 10.1. The van der Waals surface area contributed by atoms with Gasteiger partial charge in [0.05, 0.1) is 6.20 Å². The summed E-state index contributed by atoms with van der Waals surface area (Å²) in [5.74, 6) is 0. The number of nitrogens with zero attached hydrogens (tertiary/aromatic N) is 1. The predicted molar refractivity (Wildman–Crippen MR) is 51.6 cm³/mol. The summed E-state index contributed by atoms with van der Waals surface area (Å²) in [6, 6.07) is 0. The predicted octanol–water partition coefficient (Wildman–Crippen LogP) is 2.56. The fraction of sp³-hybridized carbons (Fsp3) is 0.100. The molecule has 0 spiro atoms. The minimum Gasteiger partial charge on any atom is -0.285 e. The number of hydrogen-bond donors (Lipinski definition) is 1. The Bertz CT molecular complexity index is 292. The Kier molecular flexibility index (Phi) is 3.08. The first-order valence-electron chi connectivity index (χ1n) is 3.83. The molecule has 0 aliphatic heterocycles. The highest BCUT2D eigenvalue weighted by molar-refractivity contribution is 5.73. The number of rotatable bonds is 3. The average molecular weight is 160 g/mol. The van der Waals surface area contributed by atoms with Crippen LogP contribution in [0.2, 0.25) is 0 Å². The van der Waals surface area contributed by atoms with Gasteiger partial charge in [0.15, 0.2) is 0 Å². The van der Waals surface area contributed by atoms with Crippen LogP contribution in [0.1, 0.15) is 12.5 Å². The molecule has 0 unspecified atom stereocenters. The zero-order chi connectivity index (χ0) is 8.81. The Morgan fingerprint density at radius 3 is 3.00 bits per heavy atom. The third-order valence-corrected chi connectivity index (χ3v) is 1.55. The van der Waals surface area contributed by atoms with Crippen LogP contribution in [0.3, 0.4) is 0 Å². The summed E-state index contributed by atoms with van der Waals surface area (Å²) in [6.07, 6.45) is 11.3. The number of H-pyrrole nitrogens is 1. The summed E-state index contributed by atoms with van der Waals surface area (Å²) < 4.78 is 0. The van der Waals surface area contributed by atoms with Crippen LogP contribution in [0.15, 0.2) is 43.3 Å². The van der Waals surface area contributed by atoms with Crippen LogP contribution in [-0.2, 0) is 0 Å². The van der Waals surface area contributed by atoms with Gasteiger partial charge in [-0.05, 0) is 12.5 Å². The summed E-state index contributed by atoms with van der Waals surface area (Å²) in [5, 5.41) is 6.64. The number of nitrogens with one attached hydrogen (secondary N) is 1. The quantitative estimate of drug-likeness (QED) is 0.676. The third-order valence-electron chi connectivity index (χ3n) is 1.55. The lowest BCUT2D eigenvalue weighted by molar-refractivity contribution is 1.09. The zero-order valence-corrected chi connectivity index (χ0v) is 7.12. The summed E-state index contributed by atoms with van der Waals surface area (Å²) in [6.45, 7) is 5.61. The van der Waals surface area contributed by atoms with Gasteiger partial charge in [0.1, 0.15) is 0 Å². The molecule has 12 heavy (non-hydrogen) atoms. The van der Waals surface area contributed by atoms with Crippen LogP contribution < -0.4 is 0 Å². The molecule has 0 radical (unpaired) electrons. The van der Waals surface area contributed by atoms with Crippen LogP contribution in [-0.4, -0.2) is 10.2 Å². The fourth-order valence-electron chi connectivity index (χ4n) is 0.940. The molecular formula is C10H12N2. The van der Waals surface area contributed by atoms with Gasteiger partial charge in [0.2, 0.25) is 0 Å². The minimum absolute atomic E-state index is 1.09. The van der Waals surface area contributed by atoms with Crippen molar-refractivity contribution in [2.45, 2.75) is 6.92 Å². The van der Waals surface area contributed by atoms with E-state index in [1.54, 1.807) is 12.3 Å². The van der Waals surface area contributed by atoms with Gasteiger partial charge >= 0.3 is 0 Å². The highest BCUT2D eigenvalue weighted by atomic mass is 15.1. The first-order chi connectivity index (χ1) is 5.88. The van der Waals surface area contributed by atoms with E-state index in [-0.39, 0.29) is 0 Å². The Labute approximate surface area is 72.3 Å². The van der Waals surface area contributed by atoms with Crippen molar-refractivity contribution in [1.82, 2.24) is 10.2 Å². The SMILES string of the molecule is C=C/C=C\C(=C/C)c1cn[nH]c1. The van der Waals surface area contributed by atoms with Gasteiger partial charge in [-0.25, -0.2) is 0 Å². The molecule has 0 saturated carbocycles. The third kappa shape index (κ3) is 1.95.